The third kappa shape index (κ3) is 6.52. The smallest absolute Gasteiger partial charge is 0.338 e. The Hall–Kier alpha value is -2.33. The van der Waals surface area contributed by atoms with Crippen LogP contribution >= 0.6 is 11.6 Å². The molecule has 0 saturated carbocycles. The van der Waals surface area contributed by atoms with Crippen molar-refractivity contribution in [1.29, 1.82) is 0 Å². The molecule has 0 atom stereocenters. The Balaban J connectivity index is 1.82. The van der Waals surface area contributed by atoms with E-state index in [2.05, 4.69) is 6.92 Å². The van der Waals surface area contributed by atoms with E-state index in [9.17, 15) is 9.59 Å². The van der Waals surface area contributed by atoms with Gasteiger partial charge in [-0.25, -0.2) is 9.59 Å². The summed E-state index contributed by atoms with van der Waals surface area (Å²) in [6.07, 6.45) is 4.21. The zero-order valence-corrected chi connectivity index (χ0v) is 15.6. The maximum absolute atomic E-state index is 12.1. The number of esters is 2. The topological polar surface area (TPSA) is 52.6 Å². The van der Waals surface area contributed by atoms with Crippen LogP contribution in [0.5, 0.6) is 0 Å². The quantitative estimate of drug-likeness (QED) is 0.433. The Morgan fingerprint density at radius 3 is 2.15 bits per heavy atom. The third-order valence-corrected chi connectivity index (χ3v) is 4.08. The van der Waals surface area contributed by atoms with Crippen molar-refractivity contribution >= 4 is 23.5 Å². The fourth-order valence-corrected chi connectivity index (χ4v) is 2.59. The minimum absolute atomic E-state index is 0.140. The number of ether oxygens (including phenoxy) is 2. The number of hydrogen-bond acceptors (Lipinski definition) is 4. The van der Waals surface area contributed by atoms with Crippen molar-refractivity contribution in [1.82, 2.24) is 0 Å². The molecule has 26 heavy (non-hydrogen) atoms. The van der Waals surface area contributed by atoms with Gasteiger partial charge in [0.05, 0.1) is 17.7 Å². The van der Waals surface area contributed by atoms with Gasteiger partial charge in [-0.3, -0.25) is 0 Å². The molecule has 0 saturated heterocycles. The summed E-state index contributed by atoms with van der Waals surface area (Å²) in [5, 5.41) is 0.594. The molecule has 0 amide bonds. The Kier molecular flexibility index (Phi) is 8.16. The predicted molar refractivity (Wildman–Crippen MR) is 101 cm³/mol. The molecule has 0 heterocycles. The van der Waals surface area contributed by atoms with Crippen LogP contribution in [0.2, 0.25) is 5.02 Å². The molecule has 0 spiro atoms. The van der Waals surface area contributed by atoms with Crippen molar-refractivity contribution in [3.05, 3.63) is 70.2 Å². The lowest BCUT2D eigenvalue weighted by atomic mass is 10.1. The van der Waals surface area contributed by atoms with Gasteiger partial charge in [-0.1, -0.05) is 49.9 Å². The van der Waals surface area contributed by atoms with E-state index >= 15 is 0 Å². The average molecular weight is 375 g/mol. The second kappa shape index (κ2) is 10.6. The van der Waals surface area contributed by atoms with Gasteiger partial charge < -0.3 is 9.47 Å². The van der Waals surface area contributed by atoms with Gasteiger partial charge in [0.25, 0.3) is 0 Å². The van der Waals surface area contributed by atoms with Crippen molar-refractivity contribution in [2.24, 2.45) is 0 Å². The van der Waals surface area contributed by atoms with Crippen LogP contribution in [0.1, 0.15) is 58.9 Å². The van der Waals surface area contributed by atoms with E-state index in [1.54, 1.807) is 42.5 Å². The molecule has 2 rings (SSSR count). The summed E-state index contributed by atoms with van der Waals surface area (Å²) in [5.74, 6) is -0.829. The summed E-state index contributed by atoms with van der Waals surface area (Å²) < 4.78 is 10.5. The van der Waals surface area contributed by atoms with Gasteiger partial charge in [0.2, 0.25) is 0 Å². The highest BCUT2D eigenvalue weighted by Crippen LogP contribution is 2.13. The number of hydrogen-bond donors (Lipinski definition) is 0. The van der Waals surface area contributed by atoms with Crippen molar-refractivity contribution in [2.75, 3.05) is 6.61 Å². The van der Waals surface area contributed by atoms with Gasteiger partial charge in [0, 0.05) is 5.02 Å². The molecule has 0 aliphatic rings. The molecule has 0 radical (unpaired) electrons. The lowest BCUT2D eigenvalue weighted by Crippen LogP contribution is -2.08. The summed E-state index contributed by atoms with van der Waals surface area (Å²) >= 11 is 5.90. The summed E-state index contributed by atoms with van der Waals surface area (Å²) in [4.78, 5) is 24.0. The summed E-state index contributed by atoms with van der Waals surface area (Å²) in [7, 11) is 0. The first-order chi connectivity index (χ1) is 12.6. The standard InChI is InChI=1S/C21H23ClO4/c1-2-3-4-5-13-25-20(23)17-9-11-18(12-10-17)21(24)26-15-16-7-6-8-19(22)14-16/h6-12,14H,2-5,13,15H2,1H3. The zero-order chi connectivity index (χ0) is 18.8. The first kappa shape index (κ1) is 20.0. The molecular formula is C21H23ClO4. The minimum atomic E-state index is -0.454. The average Bonchev–Trinajstić information content (AvgIpc) is 2.66. The second-order valence-electron chi connectivity index (χ2n) is 5.98. The number of halogens is 1. The van der Waals surface area contributed by atoms with E-state index in [-0.39, 0.29) is 12.6 Å². The van der Waals surface area contributed by atoms with Crippen molar-refractivity contribution in [3.8, 4) is 0 Å². The first-order valence-corrected chi connectivity index (χ1v) is 9.16. The van der Waals surface area contributed by atoms with Crippen LogP contribution in [0.3, 0.4) is 0 Å². The number of carbonyl (C=O) groups is 2. The van der Waals surface area contributed by atoms with Crippen molar-refractivity contribution in [2.45, 2.75) is 39.2 Å². The predicted octanol–water partition coefficient (Wildman–Crippen LogP) is 5.43. The summed E-state index contributed by atoms with van der Waals surface area (Å²) in [6, 6.07) is 13.4. The maximum Gasteiger partial charge on any atom is 0.338 e. The lowest BCUT2D eigenvalue weighted by molar-refractivity contribution is 0.0466. The van der Waals surface area contributed by atoms with Gasteiger partial charge in [0.1, 0.15) is 6.61 Å². The van der Waals surface area contributed by atoms with E-state index in [1.165, 1.54) is 0 Å². The molecule has 0 aromatic heterocycles. The highest BCUT2D eigenvalue weighted by Gasteiger charge is 2.11. The number of benzene rings is 2. The highest BCUT2D eigenvalue weighted by molar-refractivity contribution is 6.30. The zero-order valence-electron chi connectivity index (χ0n) is 14.9. The highest BCUT2D eigenvalue weighted by atomic mass is 35.5. The van der Waals surface area contributed by atoms with E-state index in [0.717, 1.165) is 31.2 Å². The van der Waals surface area contributed by atoms with Gasteiger partial charge in [-0.15, -0.1) is 0 Å². The monoisotopic (exact) mass is 374 g/mol. The molecule has 4 nitrogen and oxygen atoms in total. The molecule has 0 fully saturated rings. The van der Waals surface area contributed by atoms with Crippen LogP contribution in [0, 0.1) is 0 Å². The Labute approximate surface area is 159 Å². The van der Waals surface area contributed by atoms with E-state index in [1.807, 2.05) is 6.07 Å². The maximum atomic E-state index is 12.1. The molecule has 2 aromatic carbocycles. The fraction of sp³-hybridized carbons (Fsp3) is 0.333. The van der Waals surface area contributed by atoms with E-state index in [0.29, 0.717) is 22.8 Å². The largest absolute Gasteiger partial charge is 0.462 e. The molecule has 0 aliphatic heterocycles. The number of unbranched alkanes of at least 4 members (excludes halogenated alkanes) is 3. The Morgan fingerprint density at radius 2 is 1.54 bits per heavy atom. The van der Waals surface area contributed by atoms with E-state index in [4.69, 9.17) is 21.1 Å². The van der Waals surface area contributed by atoms with Gasteiger partial charge >= 0.3 is 11.9 Å². The van der Waals surface area contributed by atoms with Crippen LogP contribution in [0.15, 0.2) is 48.5 Å². The molecule has 0 bridgehead atoms. The molecule has 0 aliphatic carbocycles. The molecule has 0 unspecified atom stereocenters. The lowest BCUT2D eigenvalue weighted by Gasteiger charge is -2.07. The molecular weight excluding hydrogens is 352 g/mol. The molecule has 138 valence electrons. The molecule has 0 N–H and O–H groups in total. The van der Waals surface area contributed by atoms with Crippen LogP contribution in [0.4, 0.5) is 0 Å². The van der Waals surface area contributed by atoms with Gasteiger partial charge in [-0.2, -0.15) is 0 Å². The van der Waals surface area contributed by atoms with Gasteiger partial charge in [-0.05, 0) is 48.4 Å². The second-order valence-corrected chi connectivity index (χ2v) is 6.42. The van der Waals surface area contributed by atoms with Crippen LogP contribution in [0.25, 0.3) is 0 Å². The van der Waals surface area contributed by atoms with Crippen molar-refractivity contribution < 1.29 is 19.1 Å². The number of carbonyl (C=O) groups excluding carboxylic acids is 2. The van der Waals surface area contributed by atoms with E-state index < -0.39 is 5.97 Å². The molecule has 2 aromatic rings. The van der Waals surface area contributed by atoms with Crippen LogP contribution in [-0.4, -0.2) is 18.5 Å². The third-order valence-electron chi connectivity index (χ3n) is 3.85. The minimum Gasteiger partial charge on any atom is -0.462 e. The number of rotatable bonds is 9. The van der Waals surface area contributed by atoms with Crippen LogP contribution < -0.4 is 0 Å². The SMILES string of the molecule is CCCCCCOC(=O)c1ccc(C(=O)OCc2cccc(Cl)c2)cc1. The molecule has 5 heteroatoms. The normalized spacial score (nSPS) is 10.4. The van der Waals surface area contributed by atoms with Crippen molar-refractivity contribution in [3.63, 3.8) is 0 Å². The summed E-state index contributed by atoms with van der Waals surface area (Å²) in [6.45, 7) is 2.69. The Morgan fingerprint density at radius 1 is 0.885 bits per heavy atom. The summed E-state index contributed by atoms with van der Waals surface area (Å²) in [5.41, 5.74) is 1.62. The first-order valence-electron chi connectivity index (χ1n) is 8.79. The van der Waals surface area contributed by atoms with Crippen LogP contribution in [-0.2, 0) is 16.1 Å². The fourth-order valence-electron chi connectivity index (χ4n) is 2.38. The Bertz CT molecular complexity index is 725. The van der Waals surface area contributed by atoms with Gasteiger partial charge in [0.15, 0.2) is 0 Å².